The van der Waals surface area contributed by atoms with Crippen molar-refractivity contribution in [2.75, 3.05) is 12.4 Å². The van der Waals surface area contributed by atoms with Crippen LogP contribution in [0.25, 0.3) is 0 Å². The van der Waals surface area contributed by atoms with Gasteiger partial charge in [-0.2, -0.15) is 0 Å². The fraction of sp³-hybridized carbons (Fsp3) is 0.500. The van der Waals surface area contributed by atoms with Gasteiger partial charge in [0.1, 0.15) is 10.8 Å². The monoisotopic (exact) mass is 344 g/mol. The van der Waals surface area contributed by atoms with Crippen LogP contribution >= 0.6 is 33.9 Å². The smallest absolute Gasteiger partial charge is 0.232 e. The van der Waals surface area contributed by atoms with Gasteiger partial charge in [-0.1, -0.05) is 42.1 Å². The van der Waals surface area contributed by atoms with Crippen LogP contribution in [0.15, 0.2) is 18.2 Å². The number of unbranched alkanes of at least 4 members (excludes halogenated alkanes) is 3. The molecular weight excluding hydrogens is 331 g/mol. The Morgan fingerprint density at radius 2 is 1.74 bits per heavy atom. The molecule has 0 heterocycles. The van der Waals surface area contributed by atoms with Gasteiger partial charge in [-0.3, -0.25) is 0 Å². The van der Waals surface area contributed by atoms with Gasteiger partial charge >= 0.3 is 0 Å². The van der Waals surface area contributed by atoms with Crippen LogP contribution in [-0.2, 0) is 9.05 Å². The number of hydrogen-bond acceptors (Lipinski definition) is 3. The van der Waals surface area contributed by atoms with E-state index in [1.165, 1.54) is 0 Å². The number of ether oxygens (including phenoxy) is 1. The molecule has 0 fully saturated rings. The summed E-state index contributed by atoms with van der Waals surface area (Å²) >= 11 is 11.8. The van der Waals surface area contributed by atoms with E-state index in [0.717, 1.165) is 19.3 Å². The first kappa shape index (κ1) is 16.9. The summed E-state index contributed by atoms with van der Waals surface area (Å²) in [5.74, 6) is 0.590. The zero-order valence-corrected chi connectivity index (χ0v) is 13.3. The molecule has 0 aromatic heterocycles. The van der Waals surface area contributed by atoms with E-state index < -0.39 is 9.05 Å². The Labute approximate surface area is 128 Å². The highest BCUT2D eigenvalue weighted by Gasteiger charge is 2.06. The van der Waals surface area contributed by atoms with Crippen LogP contribution in [0.2, 0.25) is 10.0 Å². The summed E-state index contributed by atoms with van der Waals surface area (Å²) in [6.45, 7) is 0.522. The topological polar surface area (TPSA) is 43.4 Å². The first-order valence-electron chi connectivity index (χ1n) is 5.89. The molecule has 0 aliphatic rings. The summed E-state index contributed by atoms with van der Waals surface area (Å²) in [7, 11) is 1.74. The third-order valence-corrected chi connectivity index (χ3v) is 4.50. The third-order valence-electron chi connectivity index (χ3n) is 2.46. The Balaban J connectivity index is 2.16. The van der Waals surface area contributed by atoms with Gasteiger partial charge in [0, 0.05) is 10.7 Å². The lowest BCUT2D eigenvalue weighted by Crippen LogP contribution is -2.00. The van der Waals surface area contributed by atoms with E-state index in [1.54, 1.807) is 18.2 Å². The van der Waals surface area contributed by atoms with Crippen molar-refractivity contribution in [3.63, 3.8) is 0 Å². The molecular formula is C12H15Cl3O3S. The highest BCUT2D eigenvalue weighted by molar-refractivity contribution is 8.13. The fourth-order valence-corrected chi connectivity index (χ4v) is 2.73. The zero-order valence-electron chi connectivity index (χ0n) is 10.2. The third kappa shape index (κ3) is 7.25. The largest absolute Gasteiger partial charge is 0.492 e. The maximum atomic E-state index is 10.7. The summed E-state index contributed by atoms with van der Waals surface area (Å²) in [4.78, 5) is 0. The minimum atomic E-state index is -3.36. The molecule has 7 heteroatoms. The van der Waals surface area contributed by atoms with Crippen molar-refractivity contribution >= 4 is 42.9 Å². The van der Waals surface area contributed by atoms with Crippen LogP contribution in [0.4, 0.5) is 0 Å². The van der Waals surface area contributed by atoms with Crippen molar-refractivity contribution in [2.45, 2.75) is 25.7 Å². The summed E-state index contributed by atoms with van der Waals surface area (Å²) in [6.07, 6.45) is 3.08. The predicted molar refractivity (Wildman–Crippen MR) is 80.1 cm³/mol. The molecule has 0 bridgehead atoms. The quantitative estimate of drug-likeness (QED) is 0.514. The highest BCUT2D eigenvalue weighted by atomic mass is 35.7. The minimum absolute atomic E-state index is 0.0233. The highest BCUT2D eigenvalue weighted by Crippen LogP contribution is 2.31. The molecule has 0 amide bonds. The molecule has 0 N–H and O–H groups in total. The molecule has 0 spiro atoms. The van der Waals surface area contributed by atoms with E-state index in [-0.39, 0.29) is 5.75 Å². The molecule has 0 aliphatic carbocycles. The van der Waals surface area contributed by atoms with Crippen LogP contribution in [0.3, 0.4) is 0 Å². The Morgan fingerprint density at radius 1 is 1.05 bits per heavy atom. The fourth-order valence-electron chi connectivity index (χ4n) is 1.51. The molecule has 1 aromatic rings. The number of hydrogen-bond donors (Lipinski definition) is 0. The second kappa shape index (κ2) is 8.20. The van der Waals surface area contributed by atoms with E-state index in [1.807, 2.05) is 0 Å². The lowest BCUT2D eigenvalue weighted by atomic mass is 10.2. The Bertz CT molecular complexity index is 503. The summed E-state index contributed by atoms with van der Waals surface area (Å²) in [6, 6.07) is 5.23. The van der Waals surface area contributed by atoms with Gasteiger partial charge in [0.05, 0.1) is 17.4 Å². The molecule has 1 rings (SSSR count). The molecule has 1 aromatic carbocycles. The van der Waals surface area contributed by atoms with Gasteiger partial charge in [0.25, 0.3) is 0 Å². The van der Waals surface area contributed by atoms with Crippen molar-refractivity contribution in [1.29, 1.82) is 0 Å². The number of halogens is 3. The number of benzene rings is 1. The summed E-state index contributed by atoms with van der Waals surface area (Å²) in [5.41, 5.74) is 0. The molecule has 3 nitrogen and oxygen atoms in total. The van der Waals surface area contributed by atoms with Crippen LogP contribution in [0, 0.1) is 0 Å². The Morgan fingerprint density at radius 3 is 2.42 bits per heavy atom. The van der Waals surface area contributed by atoms with Gasteiger partial charge in [0.2, 0.25) is 9.05 Å². The van der Waals surface area contributed by atoms with Gasteiger partial charge in [-0.05, 0) is 25.0 Å². The maximum absolute atomic E-state index is 10.7. The number of rotatable bonds is 8. The van der Waals surface area contributed by atoms with E-state index in [9.17, 15) is 8.42 Å². The van der Waals surface area contributed by atoms with Gasteiger partial charge < -0.3 is 4.74 Å². The van der Waals surface area contributed by atoms with E-state index in [4.69, 9.17) is 38.6 Å². The van der Waals surface area contributed by atoms with E-state index in [0.29, 0.717) is 28.8 Å². The molecule has 0 saturated heterocycles. The van der Waals surface area contributed by atoms with E-state index >= 15 is 0 Å². The molecule has 108 valence electrons. The second-order valence-electron chi connectivity index (χ2n) is 4.06. The lowest BCUT2D eigenvalue weighted by molar-refractivity contribution is 0.305. The molecule has 19 heavy (non-hydrogen) atoms. The van der Waals surface area contributed by atoms with Crippen molar-refractivity contribution in [3.05, 3.63) is 28.2 Å². The average molecular weight is 346 g/mol. The molecule has 0 atom stereocenters. The summed E-state index contributed by atoms with van der Waals surface area (Å²) in [5, 5.41) is 0.879. The Hall–Kier alpha value is -0.160. The first-order valence-corrected chi connectivity index (χ1v) is 9.13. The summed E-state index contributed by atoms with van der Waals surface area (Å²) < 4.78 is 26.9. The van der Waals surface area contributed by atoms with Crippen molar-refractivity contribution in [1.82, 2.24) is 0 Å². The van der Waals surface area contributed by atoms with Crippen molar-refractivity contribution in [2.24, 2.45) is 0 Å². The predicted octanol–water partition coefficient (Wildman–Crippen LogP) is 4.50. The normalized spacial score (nSPS) is 11.5. The maximum Gasteiger partial charge on any atom is 0.232 e. The molecule has 0 aliphatic heterocycles. The van der Waals surface area contributed by atoms with Crippen LogP contribution < -0.4 is 4.74 Å². The SMILES string of the molecule is O=S(=O)(Cl)CCCCCCOc1cccc(Cl)c1Cl. The molecule has 0 unspecified atom stereocenters. The minimum Gasteiger partial charge on any atom is -0.492 e. The average Bonchev–Trinajstić information content (AvgIpc) is 2.31. The molecule has 0 radical (unpaired) electrons. The standard InChI is InChI=1S/C12H15Cl3O3S/c13-10-6-5-7-11(12(10)14)18-8-3-1-2-4-9-19(15,16)17/h5-7H,1-4,8-9H2. The van der Waals surface area contributed by atoms with E-state index in [2.05, 4.69) is 0 Å². The van der Waals surface area contributed by atoms with Crippen LogP contribution in [-0.4, -0.2) is 20.8 Å². The lowest BCUT2D eigenvalue weighted by Gasteiger charge is -2.08. The van der Waals surface area contributed by atoms with Crippen LogP contribution in [0.1, 0.15) is 25.7 Å². The van der Waals surface area contributed by atoms with Gasteiger partial charge in [0.15, 0.2) is 0 Å². The molecule has 0 saturated carbocycles. The van der Waals surface area contributed by atoms with Crippen LogP contribution in [0.5, 0.6) is 5.75 Å². The van der Waals surface area contributed by atoms with Crippen molar-refractivity contribution in [3.8, 4) is 5.75 Å². The second-order valence-corrected chi connectivity index (χ2v) is 7.74. The van der Waals surface area contributed by atoms with Gasteiger partial charge in [-0.25, -0.2) is 8.42 Å². The zero-order chi connectivity index (χ0) is 14.3. The van der Waals surface area contributed by atoms with Gasteiger partial charge in [-0.15, -0.1) is 0 Å². The first-order chi connectivity index (χ1) is 8.90. The Kier molecular flexibility index (Phi) is 7.29. The van der Waals surface area contributed by atoms with Crippen molar-refractivity contribution < 1.29 is 13.2 Å².